The lowest BCUT2D eigenvalue weighted by Crippen LogP contribution is -2.58. The van der Waals surface area contributed by atoms with Crippen LogP contribution in [-0.4, -0.2) is 23.3 Å². The Balaban J connectivity index is 2.28. The van der Waals surface area contributed by atoms with Gasteiger partial charge in [0.15, 0.2) is 0 Å². The van der Waals surface area contributed by atoms with Gasteiger partial charge in [0.2, 0.25) is 0 Å². The molecular formula is C26H36N2O. The first kappa shape index (κ1) is 23.1. The third-order valence-corrected chi connectivity index (χ3v) is 5.93. The average molecular weight is 393 g/mol. The van der Waals surface area contributed by atoms with Crippen molar-refractivity contribution >= 4 is 12.2 Å². The van der Waals surface area contributed by atoms with Crippen molar-refractivity contribution in [2.24, 2.45) is 11.5 Å². The Morgan fingerprint density at radius 3 is 1.31 bits per heavy atom. The van der Waals surface area contributed by atoms with Gasteiger partial charge in [-0.05, 0) is 49.9 Å². The summed E-state index contributed by atoms with van der Waals surface area (Å²) in [6, 6.07) is 16.4. The highest BCUT2D eigenvalue weighted by atomic mass is 16.5. The van der Waals surface area contributed by atoms with E-state index < -0.39 is 11.2 Å². The van der Waals surface area contributed by atoms with Gasteiger partial charge in [0.05, 0.1) is 11.2 Å². The number of ether oxygens (including phenoxy) is 1. The van der Waals surface area contributed by atoms with Crippen LogP contribution in [-0.2, 0) is 17.6 Å². The standard InChI is InChI=1S/C26H36N2O/c1-7-21-9-13-23(14-10-21)17-25(5,19(3)27)29-26(6,20(4)28)18-24-15-11-22(8-2)12-16-24/h7-16,19-20H,1-2,17-18,27-28H2,3-6H3. The minimum Gasteiger partial charge on any atom is -0.365 e. The molecule has 0 aliphatic heterocycles. The van der Waals surface area contributed by atoms with E-state index in [1.54, 1.807) is 0 Å². The predicted octanol–water partition coefficient (Wildman–Crippen LogP) is 4.99. The SMILES string of the molecule is C=Cc1ccc(CC(C)(OC(C)(Cc2ccc(C=C)cc2)C(C)N)C(C)N)cc1. The van der Waals surface area contributed by atoms with Crippen molar-refractivity contribution in [3.05, 3.63) is 83.9 Å². The van der Waals surface area contributed by atoms with Crippen LogP contribution in [0.3, 0.4) is 0 Å². The summed E-state index contributed by atoms with van der Waals surface area (Å²) < 4.78 is 6.78. The zero-order valence-corrected chi connectivity index (χ0v) is 18.3. The molecule has 0 radical (unpaired) electrons. The van der Waals surface area contributed by atoms with Crippen LogP contribution in [0, 0.1) is 0 Å². The van der Waals surface area contributed by atoms with Gasteiger partial charge in [0, 0.05) is 24.9 Å². The number of benzene rings is 2. The van der Waals surface area contributed by atoms with E-state index in [0.29, 0.717) is 12.8 Å². The molecule has 0 aliphatic carbocycles. The third-order valence-electron chi connectivity index (χ3n) is 5.93. The van der Waals surface area contributed by atoms with E-state index in [-0.39, 0.29) is 12.1 Å². The molecule has 0 aromatic heterocycles. The Labute approximate surface area is 176 Å². The van der Waals surface area contributed by atoms with E-state index in [1.165, 1.54) is 11.1 Å². The van der Waals surface area contributed by atoms with E-state index >= 15 is 0 Å². The molecule has 0 aliphatic rings. The van der Waals surface area contributed by atoms with Crippen LogP contribution >= 0.6 is 0 Å². The summed E-state index contributed by atoms with van der Waals surface area (Å²) in [5.41, 5.74) is 16.3. The van der Waals surface area contributed by atoms with Crippen LogP contribution in [0.5, 0.6) is 0 Å². The molecule has 2 aromatic rings. The molecule has 4 N–H and O–H groups in total. The van der Waals surface area contributed by atoms with Crippen molar-refractivity contribution in [2.75, 3.05) is 0 Å². The monoisotopic (exact) mass is 392 g/mol. The summed E-state index contributed by atoms with van der Waals surface area (Å²) in [4.78, 5) is 0. The molecule has 2 rings (SSSR count). The molecule has 156 valence electrons. The molecule has 0 fully saturated rings. The van der Waals surface area contributed by atoms with Crippen molar-refractivity contribution in [1.29, 1.82) is 0 Å². The first-order valence-corrected chi connectivity index (χ1v) is 10.3. The summed E-state index contributed by atoms with van der Waals surface area (Å²) in [7, 11) is 0. The first-order chi connectivity index (χ1) is 13.6. The summed E-state index contributed by atoms with van der Waals surface area (Å²) >= 11 is 0. The zero-order valence-electron chi connectivity index (χ0n) is 18.3. The molecule has 0 spiro atoms. The Morgan fingerprint density at radius 1 is 0.759 bits per heavy atom. The highest BCUT2D eigenvalue weighted by Crippen LogP contribution is 2.31. The molecule has 3 heteroatoms. The van der Waals surface area contributed by atoms with E-state index in [0.717, 1.165) is 11.1 Å². The van der Waals surface area contributed by atoms with Gasteiger partial charge in [-0.1, -0.05) is 73.8 Å². The first-order valence-electron chi connectivity index (χ1n) is 10.3. The van der Waals surface area contributed by atoms with E-state index in [9.17, 15) is 0 Å². The van der Waals surface area contributed by atoms with Gasteiger partial charge in [0.25, 0.3) is 0 Å². The van der Waals surface area contributed by atoms with Crippen molar-refractivity contribution in [1.82, 2.24) is 0 Å². The molecule has 0 amide bonds. The van der Waals surface area contributed by atoms with E-state index in [2.05, 4.69) is 75.5 Å². The molecule has 0 saturated heterocycles. The highest BCUT2D eigenvalue weighted by molar-refractivity contribution is 5.48. The molecular weight excluding hydrogens is 356 g/mol. The largest absolute Gasteiger partial charge is 0.365 e. The van der Waals surface area contributed by atoms with Crippen molar-refractivity contribution in [3.63, 3.8) is 0 Å². The Kier molecular flexibility index (Phi) is 7.59. The van der Waals surface area contributed by atoms with E-state index in [1.807, 2.05) is 26.0 Å². The van der Waals surface area contributed by atoms with Gasteiger partial charge in [-0.15, -0.1) is 0 Å². The van der Waals surface area contributed by atoms with Crippen LogP contribution in [0.15, 0.2) is 61.7 Å². The smallest absolute Gasteiger partial charge is 0.0850 e. The van der Waals surface area contributed by atoms with Gasteiger partial charge < -0.3 is 16.2 Å². The minimum absolute atomic E-state index is 0.164. The fourth-order valence-electron chi connectivity index (χ4n) is 3.47. The fourth-order valence-corrected chi connectivity index (χ4v) is 3.47. The molecule has 0 heterocycles. The topological polar surface area (TPSA) is 61.3 Å². The second-order valence-corrected chi connectivity index (χ2v) is 8.55. The molecule has 2 aromatic carbocycles. The van der Waals surface area contributed by atoms with Crippen LogP contribution in [0.4, 0.5) is 0 Å². The lowest BCUT2D eigenvalue weighted by molar-refractivity contribution is -0.156. The third kappa shape index (κ3) is 5.89. The van der Waals surface area contributed by atoms with Gasteiger partial charge in [-0.3, -0.25) is 0 Å². The average Bonchev–Trinajstić information content (AvgIpc) is 2.68. The van der Waals surface area contributed by atoms with Crippen molar-refractivity contribution in [3.8, 4) is 0 Å². The van der Waals surface area contributed by atoms with Crippen LogP contribution in [0.1, 0.15) is 49.9 Å². The normalized spacial score (nSPS) is 17.6. The summed E-state index contributed by atoms with van der Waals surface area (Å²) in [6.07, 6.45) is 5.10. The van der Waals surface area contributed by atoms with Crippen molar-refractivity contribution in [2.45, 2.75) is 63.8 Å². The van der Waals surface area contributed by atoms with Crippen LogP contribution in [0.25, 0.3) is 12.2 Å². The number of hydrogen-bond acceptors (Lipinski definition) is 3. The Hall–Kier alpha value is -2.20. The van der Waals surface area contributed by atoms with Crippen LogP contribution in [0.2, 0.25) is 0 Å². The number of nitrogens with two attached hydrogens (primary N) is 2. The van der Waals surface area contributed by atoms with Gasteiger partial charge in [-0.25, -0.2) is 0 Å². The van der Waals surface area contributed by atoms with Crippen LogP contribution < -0.4 is 11.5 Å². The molecule has 4 atom stereocenters. The molecule has 3 nitrogen and oxygen atoms in total. The number of rotatable bonds is 10. The molecule has 0 saturated carbocycles. The second-order valence-electron chi connectivity index (χ2n) is 8.55. The highest BCUT2D eigenvalue weighted by Gasteiger charge is 2.41. The van der Waals surface area contributed by atoms with Gasteiger partial charge >= 0.3 is 0 Å². The maximum atomic E-state index is 6.78. The molecule has 0 bridgehead atoms. The quantitative estimate of drug-likeness (QED) is 0.599. The second kappa shape index (κ2) is 9.53. The fraction of sp³-hybridized carbons (Fsp3) is 0.385. The molecule has 4 unspecified atom stereocenters. The molecule has 29 heavy (non-hydrogen) atoms. The lowest BCUT2D eigenvalue weighted by atomic mass is 9.85. The maximum absolute atomic E-state index is 6.78. The lowest BCUT2D eigenvalue weighted by Gasteiger charge is -2.45. The Morgan fingerprint density at radius 2 is 1.07 bits per heavy atom. The summed E-state index contributed by atoms with van der Waals surface area (Å²) in [6.45, 7) is 15.8. The summed E-state index contributed by atoms with van der Waals surface area (Å²) in [5, 5.41) is 0. The van der Waals surface area contributed by atoms with Gasteiger partial charge in [-0.2, -0.15) is 0 Å². The van der Waals surface area contributed by atoms with E-state index in [4.69, 9.17) is 16.2 Å². The predicted molar refractivity (Wildman–Crippen MR) is 126 cm³/mol. The number of hydrogen-bond donors (Lipinski definition) is 2. The summed E-state index contributed by atoms with van der Waals surface area (Å²) in [5.74, 6) is 0. The maximum Gasteiger partial charge on any atom is 0.0850 e. The Bertz CT molecular complexity index is 738. The van der Waals surface area contributed by atoms with Crippen molar-refractivity contribution < 1.29 is 4.74 Å². The minimum atomic E-state index is -0.556. The van der Waals surface area contributed by atoms with Gasteiger partial charge in [0.1, 0.15) is 0 Å². The zero-order chi connectivity index (χ0) is 21.7.